The second-order valence-corrected chi connectivity index (χ2v) is 15.6. The maximum absolute atomic E-state index is 12.6. The van der Waals surface area contributed by atoms with Crippen molar-refractivity contribution >= 4 is 17.9 Å². The molecule has 0 aliphatic carbocycles. The SMILES string of the molecule is CCCCCCCCCCC/C=C/CCCCCCCC(=O)OCC(COCCC(C(=O)[O-])[N+](C)(C)C)OC(=O)CCCCCCCCCCC. The van der Waals surface area contributed by atoms with Crippen molar-refractivity contribution in [1.82, 2.24) is 0 Å². The molecule has 0 bridgehead atoms. The summed E-state index contributed by atoms with van der Waals surface area (Å²) >= 11 is 0. The summed E-state index contributed by atoms with van der Waals surface area (Å²) in [6, 6.07) is -0.721. The van der Waals surface area contributed by atoms with E-state index in [1.807, 2.05) is 0 Å². The number of nitrogens with zero attached hydrogens (tertiary/aromatic N) is 1. The van der Waals surface area contributed by atoms with Gasteiger partial charge in [0.25, 0.3) is 0 Å². The van der Waals surface area contributed by atoms with Gasteiger partial charge in [-0.3, -0.25) is 9.59 Å². The van der Waals surface area contributed by atoms with Crippen LogP contribution in [0.4, 0.5) is 0 Å². The number of rotatable bonds is 38. The van der Waals surface area contributed by atoms with Gasteiger partial charge in [-0.2, -0.15) is 0 Å². The Balaban J connectivity index is 4.27. The van der Waals surface area contributed by atoms with Gasteiger partial charge in [0, 0.05) is 19.3 Å². The van der Waals surface area contributed by atoms with Crippen LogP contribution in [-0.2, 0) is 28.6 Å². The summed E-state index contributed by atoms with van der Waals surface area (Å²) in [5.74, 6) is -1.74. The average molecular weight is 724 g/mol. The highest BCUT2D eigenvalue weighted by Crippen LogP contribution is 2.14. The number of esters is 2. The van der Waals surface area contributed by atoms with Crippen molar-refractivity contribution in [1.29, 1.82) is 0 Å². The van der Waals surface area contributed by atoms with Crippen LogP contribution in [0, 0.1) is 0 Å². The van der Waals surface area contributed by atoms with Crippen LogP contribution in [0.15, 0.2) is 12.2 Å². The van der Waals surface area contributed by atoms with E-state index < -0.39 is 18.1 Å². The highest BCUT2D eigenvalue weighted by Gasteiger charge is 2.25. The van der Waals surface area contributed by atoms with E-state index in [0.717, 1.165) is 44.9 Å². The summed E-state index contributed by atoms with van der Waals surface area (Å²) < 4.78 is 17.1. The quantitative estimate of drug-likeness (QED) is 0.0271. The molecule has 0 aromatic rings. The number of allylic oxidation sites excluding steroid dienone is 2. The average Bonchev–Trinajstić information content (AvgIpc) is 3.08. The summed E-state index contributed by atoms with van der Waals surface area (Å²) in [6.45, 7) is 4.64. The van der Waals surface area contributed by atoms with Gasteiger partial charge in [-0.15, -0.1) is 0 Å². The van der Waals surface area contributed by atoms with E-state index >= 15 is 0 Å². The smallest absolute Gasteiger partial charge is 0.306 e. The molecule has 2 atom stereocenters. The molecule has 0 fully saturated rings. The van der Waals surface area contributed by atoms with Crippen molar-refractivity contribution < 1.29 is 38.2 Å². The third kappa shape index (κ3) is 33.6. The van der Waals surface area contributed by atoms with Crippen molar-refractivity contribution in [3.8, 4) is 0 Å². The predicted molar refractivity (Wildman–Crippen MR) is 208 cm³/mol. The van der Waals surface area contributed by atoms with Crippen molar-refractivity contribution in [3.63, 3.8) is 0 Å². The first-order chi connectivity index (χ1) is 24.6. The van der Waals surface area contributed by atoms with Gasteiger partial charge in [-0.05, 0) is 38.5 Å². The first-order valence-corrected chi connectivity index (χ1v) is 21.2. The third-order valence-electron chi connectivity index (χ3n) is 9.65. The minimum atomic E-state index is -1.12. The van der Waals surface area contributed by atoms with E-state index in [-0.39, 0.29) is 42.7 Å². The number of carboxylic acids is 1. The Labute approximate surface area is 314 Å². The molecule has 0 aromatic heterocycles. The molecule has 0 saturated carbocycles. The van der Waals surface area contributed by atoms with Crippen molar-refractivity contribution in [2.24, 2.45) is 0 Å². The zero-order valence-corrected chi connectivity index (χ0v) is 34.0. The van der Waals surface area contributed by atoms with Gasteiger partial charge in [-0.1, -0.05) is 148 Å². The number of carbonyl (C=O) groups is 3. The monoisotopic (exact) mass is 724 g/mol. The van der Waals surface area contributed by atoms with Gasteiger partial charge in [0.15, 0.2) is 6.10 Å². The molecule has 8 heteroatoms. The van der Waals surface area contributed by atoms with E-state index in [4.69, 9.17) is 14.2 Å². The number of aliphatic carboxylic acids is 1. The highest BCUT2D eigenvalue weighted by atomic mass is 16.6. The van der Waals surface area contributed by atoms with E-state index in [1.165, 1.54) is 116 Å². The molecule has 0 aliphatic rings. The number of hydrogen-bond acceptors (Lipinski definition) is 7. The molecular formula is C43H81NO7. The lowest BCUT2D eigenvalue weighted by molar-refractivity contribution is -0.889. The second kappa shape index (κ2) is 35.1. The van der Waals surface area contributed by atoms with Gasteiger partial charge >= 0.3 is 11.9 Å². The van der Waals surface area contributed by atoms with Crippen LogP contribution in [0.1, 0.15) is 194 Å². The van der Waals surface area contributed by atoms with Crippen molar-refractivity contribution in [2.45, 2.75) is 206 Å². The fourth-order valence-corrected chi connectivity index (χ4v) is 6.30. The zero-order chi connectivity index (χ0) is 37.8. The van der Waals surface area contributed by atoms with Gasteiger partial charge < -0.3 is 28.6 Å². The molecule has 8 nitrogen and oxygen atoms in total. The van der Waals surface area contributed by atoms with E-state index in [9.17, 15) is 19.5 Å². The molecule has 2 unspecified atom stereocenters. The molecule has 0 radical (unpaired) electrons. The van der Waals surface area contributed by atoms with Crippen molar-refractivity contribution in [2.75, 3.05) is 41.0 Å². The Bertz CT molecular complexity index is 854. The largest absolute Gasteiger partial charge is 0.544 e. The maximum Gasteiger partial charge on any atom is 0.306 e. The lowest BCUT2D eigenvalue weighted by Gasteiger charge is -2.34. The summed E-state index contributed by atoms with van der Waals surface area (Å²) in [5, 5.41) is 11.6. The predicted octanol–water partition coefficient (Wildman–Crippen LogP) is 9.80. The maximum atomic E-state index is 12.6. The number of likely N-dealkylation sites (N-methyl/N-ethyl adjacent to an activating group) is 1. The van der Waals surface area contributed by atoms with Gasteiger partial charge in [0.05, 0.1) is 40.3 Å². The summed E-state index contributed by atoms with van der Waals surface area (Å²) in [6.07, 6.45) is 35.2. The number of ether oxygens (including phenoxy) is 3. The molecule has 0 spiro atoms. The minimum absolute atomic E-state index is 0.0430. The van der Waals surface area contributed by atoms with Crippen LogP contribution in [-0.4, -0.2) is 75.5 Å². The first-order valence-electron chi connectivity index (χ1n) is 21.2. The van der Waals surface area contributed by atoms with Crippen LogP contribution >= 0.6 is 0 Å². The zero-order valence-electron chi connectivity index (χ0n) is 34.0. The molecule has 51 heavy (non-hydrogen) atoms. The Kier molecular flexibility index (Phi) is 33.8. The molecule has 0 N–H and O–H groups in total. The molecule has 300 valence electrons. The standard InChI is InChI=1S/C43H81NO7/c1-6-8-10-12-14-16-17-18-19-20-21-22-23-24-26-27-29-31-33-41(45)50-38-39(37-49-36-35-40(43(47)48)44(3,4)5)51-42(46)34-32-30-28-25-15-13-11-9-7-2/h21-22,39-40H,6-20,23-38H2,1-5H3/b22-21+. The normalized spacial score (nSPS) is 13.0. The summed E-state index contributed by atoms with van der Waals surface area (Å²) in [5.41, 5.74) is 0. The van der Waals surface area contributed by atoms with Crippen LogP contribution in [0.3, 0.4) is 0 Å². The molecule has 0 aliphatic heterocycles. The Hall–Kier alpha value is -1.93. The number of quaternary nitrogens is 1. The van der Waals surface area contributed by atoms with Crippen LogP contribution in [0.5, 0.6) is 0 Å². The summed E-state index contributed by atoms with van der Waals surface area (Å²) in [7, 11) is 5.40. The fourth-order valence-electron chi connectivity index (χ4n) is 6.30. The van der Waals surface area contributed by atoms with Crippen molar-refractivity contribution in [3.05, 3.63) is 12.2 Å². The number of carboxylic acid groups (broad SMARTS) is 1. The lowest BCUT2D eigenvalue weighted by Crippen LogP contribution is -2.55. The fraction of sp³-hybridized carbons (Fsp3) is 0.884. The van der Waals surface area contributed by atoms with E-state index in [1.54, 1.807) is 21.1 Å². The second-order valence-electron chi connectivity index (χ2n) is 15.6. The highest BCUT2D eigenvalue weighted by molar-refractivity contribution is 5.70. The Morgan fingerprint density at radius 2 is 0.980 bits per heavy atom. The van der Waals surface area contributed by atoms with E-state index in [2.05, 4.69) is 26.0 Å². The van der Waals surface area contributed by atoms with Gasteiger partial charge in [-0.25, -0.2) is 0 Å². The number of hydrogen-bond donors (Lipinski definition) is 0. The van der Waals surface area contributed by atoms with Gasteiger partial charge in [0.2, 0.25) is 0 Å². The Morgan fingerprint density at radius 1 is 0.569 bits per heavy atom. The van der Waals surface area contributed by atoms with Crippen LogP contribution in [0.2, 0.25) is 0 Å². The molecule has 0 rings (SSSR count). The van der Waals surface area contributed by atoms with Gasteiger partial charge in [0.1, 0.15) is 12.6 Å². The first kappa shape index (κ1) is 49.1. The topological polar surface area (TPSA) is 102 Å². The Morgan fingerprint density at radius 3 is 1.41 bits per heavy atom. The minimum Gasteiger partial charge on any atom is -0.544 e. The van der Waals surface area contributed by atoms with Crippen LogP contribution < -0.4 is 5.11 Å². The van der Waals surface area contributed by atoms with E-state index in [0.29, 0.717) is 12.8 Å². The molecule has 0 amide bonds. The molecule has 0 saturated heterocycles. The molecule has 0 heterocycles. The number of carbonyl (C=O) groups excluding carboxylic acids is 3. The van der Waals surface area contributed by atoms with Crippen LogP contribution in [0.25, 0.3) is 0 Å². The third-order valence-corrected chi connectivity index (χ3v) is 9.65. The number of unbranched alkanes of at least 4 members (excludes halogenated alkanes) is 22. The summed E-state index contributed by atoms with van der Waals surface area (Å²) in [4.78, 5) is 36.7. The lowest BCUT2D eigenvalue weighted by atomic mass is 10.1. The molecule has 0 aromatic carbocycles. The molecular weight excluding hydrogens is 642 g/mol.